The average Bonchev–Trinajstić information content (AvgIpc) is 2.76. The molecule has 1 aliphatic heterocycles. The van der Waals surface area contributed by atoms with Crippen LogP contribution in [0.1, 0.15) is 10.4 Å². The molecule has 2 heterocycles. The first-order chi connectivity index (χ1) is 9.04. The van der Waals surface area contributed by atoms with E-state index in [1.165, 1.54) is 18.1 Å². The van der Waals surface area contributed by atoms with Crippen LogP contribution in [0.5, 0.6) is 0 Å². The van der Waals surface area contributed by atoms with Crippen molar-refractivity contribution in [2.75, 3.05) is 26.9 Å². The van der Waals surface area contributed by atoms with Crippen molar-refractivity contribution in [1.82, 2.24) is 4.90 Å². The molecule has 8 heteroatoms. The summed E-state index contributed by atoms with van der Waals surface area (Å²) in [7, 11) is 1.27. The monoisotopic (exact) mass is 323 g/mol. The van der Waals surface area contributed by atoms with Crippen molar-refractivity contribution in [3.63, 3.8) is 0 Å². The SMILES string of the molecule is COC(=O)C1COCCN1C(=O)c1cc(Cl)sc1Cl. The minimum Gasteiger partial charge on any atom is -0.467 e. The molecule has 0 N–H and O–H groups in total. The van der Waals surface area contributed by atoms with Crippen LogP contribution in [-0.2, 0) is 14.3 Å². The molecule has 5 nitrogen and oxygen atoms in total. The zero-order chi connectivity index (χ0) is 14.0. The number of rotatable bonds is 2. The highest BCUT2D eigenvalue weighted by molar-refractivity contribution is 7.20. The molecule has 0 saturated carbocycles. The summed E-state index contributed by atoms with van der Waals surface area (Å²) in [6, 6.07) is 0.752. The molecule has 0 bridgehead atoms. The van der Waals surface area contributed by atoms with Crippen LogP contribution < -0.4 is 0 Å². The highest BCUT2D eigenvalue weighted by Crippen LogP contribution is 2.32. The van der Waals surface area contributed by atoms with Gasteiger partial charge in [0.05, 0.1) is 30.2 Å². The largest absolute Gasteiger partial charge is 0.467 e. The molecular formula is C11H11Cl2NO4S. The van der Waals surface area contributed by atoms with Gasteiger partial charge in [-0.2, -0.15) is 0 Å². The third-order valence-corrected chi connectivity index (χ3v) is 4.24. The zero-order valence-corrected chi connectivity index (χ0v) is 12.3. The van der Waals surface area contributed by atoms with Crippen LogP contribution >= 0.6 is 34.5 Å². The fraction of sp³-hybridized carbons (Fsp3) is 0.455. The molecule has 1 amide bonds. The van der Waals surface area contributed by atoms with Crippen molar-refractivity contribution in [2.45, 2.75) is 6.04 Å². The molecule has 1 fully saturated rings. The summed E-state index contributed by atoms with van der Waals surface area (Å²) >= 11 is 12.9. The molecule has 1 aliphatic rings. The van der Waals surface area contributed by atoms with Crippen molar-refractivity contribution in [3.8, 4) is 0 Å². The Balaban J connectivity index is 2.25. The van der Waals surface area contributed by atoms with Crippen LogP contribution in [0.25, 0.3) is 0 Å². The lowest BCUT2D eigenvalue weighted by atomic mass is 10.2. The van der Waals surface area contributed by atoms with Gasteiger partial charge in [-0.3, -0.25) is 4.79 Å². The quantitative estimate of drug-likeness (QED) is 0.782. The topological polar surface area (TPSA) is 55.8 Å². The number of carbonyl (C=O) groups is 2. The molecular weight excluding hydrogens is 313 g/mol. The summed E-state index contributed by atoms with van der Waals surface area (Å²) in [4.78, 5) is 25.4. The van der Waals surface area contributed by atoms with Crippen LogP contribution in [0.3, 0.4) is 0 Å². The predicted molar refractivity (Wildman–Crippen MR) is 72.0 cm³/mol. The number of halogens is 2. The second-order valence-corrected chi connectivity index (χ2v) is 6.14. The van der Waals surface area contributed by atoms with E-state index >= 15 is 0 Å². The van der Waals surface area contributed by atoms with Gasteiger partial charge in [-0.05, 0) is 6.07 Å². The highest BCUT2D eigenvalue weighted by atomic mass is 35.5. The lowest BCUT2D eigenvalue weighted by molar-refractivity contribution is -0.151. The molecule has 1 saturated heterocycles. The molecule has 0 spiro atoms. The van der Waals surface area contributed by atoms with Gasteiger partial charge in [-0.25, -0.2) is 4.79 Å². The lowest BCUT2D eigenvalue weighted by Crippen LogP contribution is -2.53. The van der Waals surface area contributed by atoms with Crippen molar-refractivity contribution < 1.29 is 19.1 Å². The number of ether oxygens (including phenoxy) is 2. The van der Waals surface area contributed by atoms with Gasteiger partial charge < -0.3 is 14.4 Å². The summed E-state index contributed by atoms with van der Waals surface area (Å²) < 4.78 is 10.6. The van der Waals surface area contributed by atoms with Crippen molar-refractivity contribution >= 4 is 46.4 Å². The summed E-state index contributed by atoms with van der Waals surface area (Å²) in [5.41, 5.74) is 0.299. The van der Waals surface area contributed by atoms with Gasteiger partial charge in [0, 0.05) is 6.54 Å². The van der Waals surface area contributed by atoms with Gasteiger partial charge in [0.2, 0.25) is 0 Å². The number of morpholine rings is 1. The number of methoxy groups -OCH3 is 1. The first-order valence-electron chi connectivity index (χ1n) is 5.46. The maximum absolute atomic E-state index is 12.4. The second kappa shape index (κ2) is 6.09. The Morgan fingerprint density at radius 3 is 2.84 bits per heavy atom. The molecule has 19 heavy (non-hydrogen) atoms. The maximum atomic E-state index is 12.4. The Morgan fingerprint density at radius 1 is 1.53 bits per heavy atom. The number of hydrogen-bond donors (Lipinski definition) is 0. The zero-order valence-electron chi connectivity index (χ0n) is 10.0. The first-order valence-corrected chi connectivity index (χ1v) is 7.03. The van der Waals surface area contributed by atoms with E-state index in [1.807, 2.05) is 0 Å². The molecule has 104 valence electrons. The maximum Gasteiger partial charge on any atom is 0.331 e. The van der Waals surface area contributed by atoms with Gasteiger partial charge in [0.1, 0.15) is 4.34 Å². The molecule has 1 aromatic heterocycles. The number of thiophene rings is 1. The number of esters is 1. The number of hydrogen-bond acceptors (Lipinski definition) is 5. The van der Waals surface area contributed by atoms with E-state index in [1.54, 1.807) is 0 Å². The molecule has 0 aliphatic carbocycles. The van der Waals surface area contributed by atoms with Crippen molar-refractivity contribution in [1.29, 1.82) is 0 Å². The summed E-state index contributed by atoms with van der Waals surface area (Å²) in [6.07, 6.45) is 0. The molecule has 1 aromatic rings. The van der Waals surface area contributed by atoms with Crippen molar-refractivity contribution in [2.24, 2.45) is 0 Å². The lowest BCUT2D eigenvalue weighted by Gasteiger charge is -2.33. The molecule has 0 aromatic carbocycles. The third-order valence-electron chi connectivity index (χ3n) is 2.75. The van der Waals surface area contributed by atoms with E-state index in [0.29, 0.717) is 27.4 Å². The Hall–Kier alpha value is -0.820. The van der Waals surface area contributed by atoms with Crippen LogP contribution in [-0.4, -0.2) is 49.7 Å². The Labute approximate surface area is 124 Å². The first kappa shape index (κ1) is 14.6. The smallest absolute Gasteiger partial charge is 0.331 e. The molecule has 1 unspecified atom stereocenters. The van der Waals surface area contributed by atoms with E-state index in [2.05, 4.69) is 4.74 Å². The fourth-order valence-electron chi connectivity index (χ4n) is 1.82. The Morgan fingerprint density at radius 2 is 2.26 bits per heavy atom. The van der Waals surface area contributed by atoms with Gasteiger partial charge in [-0.1, -0.05) is 23.2 Å². The van der Waals surface area contributed by atoms with Crippen molar-refractivity contribution in [3.05, 3.63) is 20.3 Å². The van der Waals surface area contributed by atoms with Crippen LogP contribution in [0.2, 0.25) is 8.67 Å². The number of carbonyl (C=O) groups excluding carboxylic acids is 2. The predicted octanol–water partition coefficient (Wildman–Crippen LogP) is 2.07. The standard InChI is InChI=1S/C11H11Cl2NO4S/c1-17-11(16)7-5-18-3-2-14(7)10(15)6-4-8(12)19-9(6)13/h4,7H,2-3,5H2,1H3. The number of amides is 1. The highest BCUT2D eigenvalue weighted by Gasteiger charge is 2.35. The average molecular weight is 324 g/mol. The Kier molecular flexibility index (Phi) is 4.67. The van der Waals surface area contributed by atoms with E-state index < -0.39 is 12.0 Å². The van der Waals surface area contributed by atoms with E-state index in [-0.39, 0.29) is 12.5 Å². The van der Waals surface area contributed by atoms with E-state index in [9.17, 15) is 9.59 Å². The van der Waals surface area contributed by atoms with E-state index in [0.717, 1.165) is 11.3 Å². The number of nitrogens with zero attached hydrogens (tertiary/aromatic N) is 1. The minimum absolute atomic E-state index is 0.119. The Bertz CT molecular complexity index is 505. The van der Waals surface area contributed by atoms with Gasteiger partial charge in [0.15, 0.2) is 6.04 Å². The third kappa shape index (κ3) is 3.02. The molecule has 1 atom stereocenters. The van der Waals surface area contributed by atoms with E-state index in [4.69, 9.17) is 27.9 Å². The van der Waals surface area contributed by atoms with Crippen LogP contribution in [0.15, 0.2) is 6.07 Å². The van der Waals surface area contributed by atoms with Gasteiger partial charge in [-0.15, -0.1) is 11.3 Å². The summed E-state index contributed by atoms with van der Waals surface area (Å²) in [6.45, 7) is 0.797. The van der Waals surface area contributed by atoms with Crippen LogP contribution in [0, 0.1) is 0 Å². The molecule has 0 radical (unpaired) electrons. The van der Waals surface area contributed by atoms with Crippen LogP contribution in [0.4, 0.5) is 0 Å². The summed E-state index contributed by atoms with van der Waals surface area (Å²) in [5.74, 6) is -0.850. The van der Waals surface area contributed by atoms with Gasteiger partial charge >= 0.3 is 5.97 Å². The summed E-state index contributed by atoms with van der Waals surface area (Å²) in [5, 5.41) is 0. The van der Waals surface area contributed by atoms with Gasteiger partial charge in [0.25, 0.3) is 5.91 Å². The normalized spacial score (nSPS) is 19.3. The molecule has 2 rings (SSSR count). The minimum atomic E-state index is -0.749. The second-order valence-electron chi connectivity index (χ2n) is 3.85. The fourth-order valence-corrected chi connectivity index (χ4v) is 3.27.